The molecule has 0 amide bonds. The van der Waals surface area contributed by atoms with Crippen molar-refractivity contribution in [1.82, 2.24) is 0 Å². The molecule has 0 heteroatoms. The van der Waals surface area contributed by atoms with E-state index in [2.05, 4.69) is 27.7 Å². The van der Waals surface area contributed by atoms with Gasteiger partial charge in [0.1, 0.15) is 0 Å². The zero-order valence-corrected chi connectivity index (χ0v) is 12.2. The second kappa shape index (κ2) is 52.0. The van der Waals surface area contributed by atoms with Gasteiger partial charge in [0.15, 0.2) is 0 Å². The van der Waals surface area contributed by atoms with E-state index in [1.165, 1.54) is 38.5 Å². The molecule has 1 fully saturated rings. The van der Waals surface area contributed by atoms with Gasteiger partial charge in [-0.15, -0.1) is 0 Å². The summed E-state index contributed by atoms with van der Waals surface area (Å²) in [6, 6.07) is 0. The lowest BCUT2D eigenvalue weighted by Crippen LogP contribution is -1.85. The van der Waals surface area contributed by atoms with Gasteiger partial charge in [-0.25, -0.2) is 0 Å². The van der Waals surface area contributed by atoms with E-state index in [0.29, 0.717) is 0 Å². The van der Waals surface area contributed by atoms with E-state index < -0.39 is 0 Å². The van der Waals surface area contributed by atoms with Crippen molar-refractivity contribution in [2.75, 3.05) is 0 Å². The molecule has 0 nitrogen and oxygen atoms in total. The molecular formula is C14H36. The Balaban J connectivity index is -0.0000000465. The summed E-state index contributed by atoms with van der Waals surface area (Å²) in [5.74, 6) is 0. The molecule has 14 heavy (non-hydrogen) atoms. The van der Waals surface area contributed by atoms with E-state index in [1.807, 2.05) is 27.7 Å². The highest BCUT2D eigenvalue weighted by Gasteiger charge is 1.95. The minimum atomic E-state index is 1.25. The third kappa shape index (κ3) is 90.8. The molecule has 0 saturated heterocycles. The van der Waals surface area contributed by atoms with Gasteiger partial charge in [0.2, 0.25) is 0 Å². The van der Waals surface area contributed by atoms with Crippen molar-refractivity contribution in [3.63, 3.8) is 0 Å². The highest BCUT2D eigenvalue weighted by molar-refractivity contribution is 4.50. The quantitative estimate of drug-likeness (QED) is 0.425. The molecule has 0 radical (unpaired) electrons. The van der Waals surface area contributed by atoms with Crippen LogP contribution in [0.25, 0.3) is 0 Å². The van der Waals surface area contributed by atoms with E-state index in [1.54, 1.807) is 0 Å². The molecule has 0 aromatic rings. The van der Waals surface area contributed by atoms with E-state index in [9.17, 15) is 0 Å². The SMILES string of the molecule is C1CCC1.CC.CC.CCC.CCC. The van der Waals surface area contributed by atoms with Gasteiger partial charge in [-0.1, -0.05) is 93.9 Å². The van der Waals surface area contributed by atoms with Gasteiger partial charge in [0, 0.05) is 0 Å². The van der Waals surface area contributed by atoms with Crippen LogP contribution in [0.4, 0.5) is 0 Å². The van der Waals surface area contributed by atoms with Gasteiger partial charge in [-0.05, 0) is 0 Å². The average molecular weight is 204 g/mol. The summed E-state index contributed by atoms with van der Waals surface area (Å²) in [4.78, 5) is 0. The molecule has 1 rings (SSSR count). The van der Waals surface area contributed by atoms with Crippen LogP contribution >= 0.6 is 0 Å². The summed E-state index contributed by atoms with van der Waals surface area (Å²) in [5, 5.41) is 0. The normalized spacial score (nSPS) is 10.3. The molecule has 0 atom stereocenters. The lowest BCUT2D eigenvalue weighted by molar-refractivity contribution is 0.504. The highest BCUT2D eigenvalue weighted by atomic mass is 14.0. The van der Waals surface area contributed by atoms with Crippen molar-refractivity contribution in [2.45, 2.75) is 93.9 Å². The van der Waals surface area contributed by atoms with Crippen LogP contribution in [0.15, 0.2) is 0 Å². The Bertz CT molecular complexity index is 21.0. The summed E-state index contributed by atoms with van der Waals surface area (Å²) < 4.78 is 0. The maximum atomic E-state index is 2.12. The fourth-order valence-electron chi connectivity index (χ4n) is 0.250. The topological polar surface area (TPSA) is 0 Å². The van der Waals surface area contributed by atoms with Crippen molar-refractivity contribution in [2.24, 2.45) is 0 Å². The van der Waals surface area contributed by atoms with Crippen molar-refractivity contribution in [3.8, 4) is 0 Å². The molecule has 0 bridgehead atoms. The first-order valence-corrected chi connectivity index (χ1v) is 6.83. The Kier molecular flexibility index (Phi) is 87.9. The first-order valence-electron chi connectivity index (χ1n) is 6.83. The maximum Gasteiger partial charge on any atom is -0.0533 e. The summed E-state index contributed by atoms with van der Waals surface area (Å²) in [6.45, 7) is 16.5. The van der Waals surface area contributed by atoms with Gasteiger partial charge in [-0.3, -0.25) is 0 Å². The number of rotatable bonds is 0. The summed E-state index contributed by atoms with van der Waals surface area (Å²) in [6.07, 6.45) is 8.50. The third-order valence-corrected chi connectivity index (χ3v) is 1.000. The Morgan fingerprint density at radius 2 is 0.571 bits per heavy atom. The molecule has 92 valence electrons. The predicted octanol–water partition coefficient (Wildman–Crippen LogP) is 6.45. The Labute approximate surface area is 94.5 Å². The fraction of sp³-hybridized carbons (Fsp3) is 1.00. The summed E-state index contributed by atoms with van der Waals surface area (Å²) in [5.41, 5.74) is 0. The molecule has 0 spiro atoms. The molecule has 0 aliphatic heterocycles. The van der Waals surface area contributed by atoms with Gasteiger partial charge >= 0.3 is 0 Å². The van der Waals surface area contributed by atoms with Crippen molar-refractivity contribution in [3.05, 3.63) is 0 Å². The molecule has 0 heterocycles. The monoisotopic (exact) mass is 204 g/mol. The zero-order valence-electron chi connectivity index (χ0n) is 12.2. The minimum absolute atomic E-state index is 1.25. The standard InChI is InChI=1S/C4H8.2C3H8.2C2H6/c1-2-4-3-1;2*1-3-2;2*1-2/h1-4H2;2*3H2,1-2H3;2*1-2H3. The minimum Gasteiger partial charge on any atom is -0.0683 e. The first-order chi connectivity index (χ1) is 6.83. The predicted molar refractivity (Wildman–Crippen MR) is 73.1 cm³/mol. The van der Waals surface area contributed by atoms with Crippen LogP contribution in [0.2, 0.25) is 0 Å². The van der Waals surface area contributed by atoms with E-state index in [4.69, 9.17) is 0 Å². The molecule has 0 unspecified atom stereocenters. The smallest absolute Gasteiger partial charge is 0.0533 e. The largest absolute Gasteiger partial charge is 0.0683 e. The zero-order chi connectivity index (χ0) is 12.2. The van der Waals surface area contributed by atoms with Crippen LogP contribution in [0.3, 0.4) is 0 Å². The molecular weight excluding hydrogens is 168 g/mol. The maximum absolute atomic E-state index is 2.12. The van der Waals surface area contributed by atoms with Crippen LogP contribution < -0.4 is 0 Å². The van der Waals surface area contributed by atoms with Gasteiger partial charge < -0.3 is 0 Å². The third-order valence-electron chi connectivity index (χ3n) is 1.000. The van der Waals surface area contributed by atoms with Gasteiger partial charge in [-0.2, -0.15) is 0 Å². The van der Waals surface area contributed by atoms with E-state index >= 15 is 0 Å². The van der Waals surface area contributed by atoms with Crippen molar-refractivity contribution in [1.29, 1.82) is 0 Å². The van der Waals surface area contributed by atoms with Crippen LogP contribution in [-0.2, 0) is 0 Å². The van der Waals surface area contributed by atoms with E-state index in [0.717, 1.165) is 0 Å². The Morgan fingerprint density at radius 1 is 0.500 bits per heavy atom. The van der Waals surface area contributed by atoms with Crippen LogP contribution in [0.5, 0.6) is 0 Å². The second-order valence-corrected chi connectivity index (χ2v) is 2.83. The van der Waals surface area contributed by atoms with Crippen LogP contribution in [0.1, 0.15) is 93.9 Å². The molecule has 0 aromatic carbocycles. The van der Waals surface area contributed by atoms with Crippen LogP contribution in [-0.4, -0.2) is 0 Å². The van der Waals surface area contributed by atoms with Gasteiger partial charge in [0.25, 0.3) is 0 Å². The Hall–Kier alpha value is 0. The molecule has 1 aliphatic carbocycles. The number of hydrogen-bond acceptors (Lipinski definition) is 0. The average Bonchev–Trinajstić information content (AvgIpc) is 2.10. The summed E-state index contributed by atoms with van der Waals surface area (Å²) in [7, 11) is 0. The molecule has 1 aliphatic rings. The number of hydrogen-bond donors (Lipinski definition) is 0. The van der Waals surface area contributed by atoms with Crippen molar-refractivity contribution >= 4 is 0 Å². The lowest BCUT2D eigenvalue weighted by Gasteiger charge is -2.05. The first kappa shape index (κ1) is 23.7. The van der Waals surface area contributed by atoms with E-state index in [-0.39, 0.29) is 0 Å². The highest BCUT2D eigenvalue weighted by Crippen LogP contribution is 2.15. The molecule has 1 saturated carbocycles. The van der Waals surface area contributed by atoms with Crippen LogP contribution in [0, 0.1) is 0 Å². The second-order valence-electron chi connectivity index (χ2n) is 2.83. The Morgan fingerprint density at radius 3 is 0.571 bits per heavy atom. The molecule has 0 N–H and O–H groups in total. The van der Waals surface area contributed by atoms with Gasteiger partial charge in [0.05, 0.1) is 0 Å². The lowest BCUT2D eigenvalue weighted by atomic mass is 10.0. The fourth-order valence-corrected chi connectivity index (χ4v) is 0.250. The van der Waals surface area contributed by atoms with Crippen molar-refractivity contribution < 1.29 is 0 Å². The molecule has 0 aromatic heterocycles. The summed E-state index contributed by atoms with van der Waals surface area (Å²) >= 11 is 0.